The third kappa shape index (κ3) is 5.31. The predicted molar refractivity (Wildman–Crippen MR) is 131 cm³/mol. The van der Waals surface area contributed by atoms with Crippen LogP contribution in [0.15, 0.2) is 47.4 Å². The number of nitrogens with one attached hydrogen (secondary N) is 1. The molecule has 1 aliphatic heterocycles. The van der Waals surface area contributed by atoms with Crippen LogP contribution in [-0.2, 0) is 17.8 Å². The number of aromatic hydroxyl groups is 1. The lowest BCUT2D eigenvalue weighted by atomic mass is 10.1. The van der Waals surface area contributed by atoms with Crippen molar-refractivity contribution < 1.29 is 32.6 Å². The fraction of sp³-hybridized carbons (Fsp3) is 0.240. The first kappa shape index (κ1) is 27.0. The molecule has 0 saturated heterocycles. The molecule has 0 spiro atoms. The van der Waals surface area contributed by atoms with Gasteiger partial charge in [-0.1, -0.05) is 29.8 Å². The topological polar surface area (TPSA) is 104 Å². The second kappa shape index (κ2) is 11.2. The highest BCUT2D eigenvalue weighted by Crippen LogP contribution is 2.25. The van der Waals surface area contributed by atoms with Crippen molar-refractivity contribution in [1.82, 2.24) is 14.9 Å². The van der Waals surface area contributed by atoms with E-state index in [1.807, 2.05) is 0 Å². The minimum Gasteiger partial charge on any atom is -0.502 e. The molecular formula is C25H22ClF3N4O5. The molecule has 3 aromatic rings. The zero-order valence-electron chi connectivity index (χ0n) is 20.0. The van der Waals surface area contributed by atoms with Gasteiger partial charge >= 0.3 is 0 Å². The van der Waals surface area contributed by atoms with Gasteiger partial charge in [-0.15, -0.1) is 0 Å². The standard InChI is InChI=1S/C25H22ClF3N4O5/c1-38-8-7-32-13-31(11-15-3-2-4-18(26)20(15)29)25(37)21-23(35)22(34)17(12-33(21)32)24(36)30-10-14-5-6-16(27)9-19(14)28/h2-6,9,12,35H,7-8,10-11,13H2,1H3,(H,30,36). The van der Waals surface area contributed by atoms with E-state index < -0.39 is 51.7 Å². The van der Waals surface area contributed by atoms with E-state index in [0.29, 0.717) is 6.07 Å². The number of fused-ring (bicyclic) bond motifs is 1. The fourth-order valence-corrected chi connectivity index (χ4v) is 4.16. The molecule has 200 valence electrons. The number of hydrogen-bond donors (Lipinski definition) is 2. The summed E-state index contributed by atoms with van der Waals surface area (Å²) in [5.74, 6) is -5.11. The maximum atomic E-state index is 14.5. The Morgan fingerprint density at radius 3 is 2.63 bits per heavy atom. The summed E-state index contributed by atoms with van der Waals surface area (Å²) in [6.07, 6.45) is 1.08. The summed E-state index contributed by atoms with van der Waals surface area (Å²) in [7, 11) is 1.45. The fourth-order valence-electron chi connectivity index (χ4n) is 3.96. The molecule has 2 heterocycles. The maximum Gasteiger partial charge on any atom is 0.278 e. The van der Waals surface area contributed by atoms with Crippen LogP contribution in [0.4, 0.5) is 13.2 Å². The van der Waals surface area contributed by atoms with E-state index in [2.05, 4.69) is 5.32 Å². The largest absolute Gasteiger partial charge is 0.502 e. The highest BCUT2D eigenvalue weighted by Gasteiger charge is 2.34. The van der Waals surface area contributed by atoms with Gasteiger partial charge in [-0.05, 0) is 12.1 Å². The molecule has 1 aliphatic rings. The van der Waals surface area contributed by atoms with Crippen molar-refractivity contribution in [1.29, 1.82) is 0 Å². The highest BCUT2D eigenvalue weighted by atomic mass is 35.5. The van der Waals surface area contributed by atoms with Gasteiger partial charge in [0.25, 0.3) is 11.8 Å². The Balaban J connectivity index is 1.67. The first-order valence-electron chi connectivity index (χ1n) is 11.3. The molecule has 0 unspecified atom stereocenters. The minimum atomic E-state index is -1.14. The summed E-state index contributed by atoms with van der Waals surface area (Å²) in [5.41, 5.74) is -1.98. The van der Waals surface area contributed by atoms with Gasteiger partial charge in [0.1, 0.15) is 29.7 Å². The van der Waals surface area contributed by atoms with E-state index in [9.17, 15) is 32.7 Å². The van der Waals surface area contributed by atoms with Crippen molar-refractivity contribution in [2.45, 2.75) is 13.1 Å². The molecular weight excluding hydrogens is 529 g/mol. The van der Waals surface area contributed by atoms with Gasteiger partial charge in [-0.2, -0.15) is 0 Å². The first-order valence-corrected chi connectivity index (χ1v) is 11.7. The van der Waals surface area contributed by atoms with Crippen LogP contribution in [0.2, 0.25) is 5.02 Å². The van der Waals surface area contributed by atoms with Gasteiger partial charge in [0.2, 0.25) is 5.43 Å². The minimum absolute atomic E-state index is 0.0252. The maximum absolute atomic E-state index is 14.5. The number of rotatable bonds is 8. The predicted octanol–water partition coefficient (Wildman–Crippen LogP) is 2.75. The first-order chi connectivity index (χ1) is 18.1. The summed E-state index contributed by atoms with van der Waals surface area (Å²) in [6.45, 7) is -0.349. The average Bonchev–Trinajstić information content (AvgIpc) is 2.88. The summed E-state index contributed by atoms with van der Waals surface area (Å²) in [4.78, 5) is 40.2. The van der Waals surface area contributed by atoms with Gasteiger partial charge in [0.15, 0.2) is 11.4 Å². The lowest BCUT2D eigenvalue weighted by molar-refractivity contribution is 0.0660. The zero-order valence-corrected chi connectivity index (χ0v) is 20.8. The summed E-state index contributed by atoms with van der Waals surface area (Å²) < 4.78 is 47.9. The number of benzene rings is 2. The number of amides is 2. The van der Waals surface area contributed by atoms with Crippen LogP contribution >= 0.6 is 11.6 Å². The van der Waals surface area contributed by atoms with E-state index in [0.717, 1.165) is 23.0 Å². The van der Waals surface area contributed by atoms with Crippen molar-refractivity contribution >= 4 is 23.4 Å². The second-order valence-electron chi connectivity index (χ2n) is 8.41. The van der Waals surface area contributed by atoms with Crippen LogP contribution in [-0.4, -0.2) is 53.4 Å². The summed E-state index contributed by atoms with van der Waals surface area (Å²) in [5, 5.41) is 14.5. The molecule has 2 N–H and O–H groups in total. The molecule has 0 saturated carbocycles. The second-order valence-corrected chi connectivity index (χ2v) is 8.82. The van der Waals surface area contributed by atoms with Crippen LogP contribution < -0.4 is 15.8 Å². The van der Waals surface area contributed by atoms with Gasteiger partial charge in [0.05, 0.1) is 24.7 Å². The Hall–Kier alpha value is -4.03. The molecule has 2 aromatic carbocycles. The Morgan fingerprint density at radius 1 is 1.16 bits per heavy atom. The highest BCUT2D eigenvalue weighted by molar-refractivity contribution is 6.30. The molecule has 9 nitrogen and oxygen atoms in total. The van der Waals surface area contributed by atoms with Crippen molar-refractivity contribution in [3.8, 4) is 5.75 Å². The summed E-state index contributed by atoms with van der Waals surface area (Å²) >= 11 is 5.85. The van der Waals surface area contributed by atoms with Gasteiger partial charge in [-0.25, -0.2) is 13.2 Å². The Morgan fingerprint density at radius 2 is 1.92 bits per heavy atom. The van der Waals surface area contributed by atoms with Crippen LogP contribution in [0.25, 0.3) is 0 Å². The molecule has 0 fully saturated rings. The van der Waals surface area contributed by atoms with Gasteiger partial charge in [-0.3, -0.25) is 24.1 Å². The number of ether oxygens (including phenoxy) is 1. The van der Waals surface area contributed by atoms with Crippen molar-refractivity contribution in [2.24, 2.45) is 0 Å². The SMILES string of the molecule is COCCN1CN(Cc2cccc(Cl)c2F)C(=O)c2c(O)c(=O)c(C(=O)NCc3ccc(F)cc3F)cn21. The van der Waals surface area contributed by atoms with E-state index >= 15 is 0 Å². The molecule has 0 atom stereocenters. The monoisotopic (exact) mass is 550 g/mol. The lowest BCUT2D eigenvalue weighted by Gasteiger charge is -2.39. The van der Waals surface area contributed by atoms with Crippen molar-refractivity contribution in [2.75, 3.05) is 31.9 Å². The normalized spacial score (nSPS) is 13.0. The molecule has 38 heavy (non-hydrogen) atoms. The number of aromatic nitrogens is 1. The Labute approximate surface area is 219 Å². The van der Waals surface area contributed by atoms with Crippen molar-refractivity contribution in [3.63, 3.8) is 0 Å². The van der Waals surface area contributed by atoms with Gasteiger partial charge < -0.3 is 20.1 Å². The van der Waals surface area contributed by atoms with Crippen molar-refractivity contribution in [3.05, 3.63) is 97.7 Å². The molecule has 0 aliphatic carbocycles. The Kier molecular flexibility index (Phi) is 7.93. The third-order valence-electron chi connectivity index (χ3n) is 5.94. The van der Waals surface area contributed by atoms with Crippen LogP contribution in [0, 0.1) is 17.5 Å². The number of halogens is 4. The zero-order chi connectivity index (χ0) is 27.6. The average molecular weight is 551 g/mol. The summed E-state index contributed by atoms with van der Waals surface area (Å²) in [6, 6.07) is 7.15. The van der Waals surface area contributed by atoms with Crippen LogP contribution in [0.1, 0.15) is 32.0 Å². The quantitative estimate of drug-likeness (QED) is 0.447. The van der Waals surface area contributed by atoms with E-state index in [1.165, 1.54) is 35.2 Å². The molecule has 2 amide bonds. The molecule has 4 rings (SSSR count). The number of carbonyl (C=O) groups is 2. The molecule has 0 radical (unpaired) electrons. The molecule has 13 heteroatoms. The molecule has 0 bridgehead atoms. The van der Waals surface area contributed by atoms with E-state index in [-0.39, 0.29) is 49.1 Å². The Bertz CT molecular complexity index is 1470. The number of methoxy groups -OCH3 is 1. The lowest BCUT2D eigenvalue weighted by Crippen LogP contribution is -2.55. The van der Waals surface area contributed by atoms with Crippen LogP contribution in [0.5, 0.6) is 5.75 Å². The molecule has 1 aromatic heterocycles. The number of hydrogen-bond acceptors (Lipinski definition) is 6. The third-order valence-corrected chi connectivity index (χ3v) is 6.23. The van der Waals surface area contributed by atoms with E-state index in [4.69, 9.17) is 16.3 Å². The van der Waals surface area contributed by atoms with Gasteiger partial charge in [0, 0.05) is 37.0 Å². The van der Waals surface area contributed by atoms with E-state index in [1.54, 1.807) is 0 Å². The van der Waals surface area contributed by atoms with Crippen LogP contribution in [0.3, 0.4) is 0 Å². The smallest absolute Gasteiger partial charge is 0.278 e. The number of carbonyl (C=O) groups excluding carboxylic acids is 2. The number of nitrogens with zero attached hydrogens (tertiary/aromatic N) is 3. The number of pyridine rings is 1.